The van der Waals surface area contributed by atoms with Crippen molar-refractivity contribution in [3.05, 3.63) is 27.3 Å². The first-order valence-electron chi connectivity index (χ1n) is 4.98. The lowest BCUT2D eigenvalue weighted by molar-refractivity contribution is -0.149. The predicted molar refractivity (Wildman–Crippen MR) is 71.2 cm³/mol. The maximum absolute atomic E-state index is 11.6. The highest BCUT2D eigenvalue weighted by Crippen LogP contribution is 2.20. The Hall–Kier alpha value is -1.35. The van der Waals surface area contributed by atoms with Crippen molar-refractivity contribution in [1.82, 2.24) is 5.32 Å². The van der Waals surface area contributed by atoms with Gasteiger partial charge < -0.3 is 20.3 Å². The first-order valence-corrected chi connectivity index (χ1v) is 6.06. The van der Waals surface area contributed by atoms with Crippen molar-refractivity contribution in [3.8, 4) is 5.75 Å². The third-order valence-corrected chi connectivity index (χ3v) is 3.05. The van der Waals surface area contributed by atoms with Crippen molar-refractivity contribution in [2.24, 2.45) is 0 Å². The summed E-state index contributed by atoms with van der Waals surface area (Å²) in [7, 11) is 1.14. The molecule has 1 aromatic rings. The monoisotopic (exact) mass is 365 g/mol. The van der Waals surface area contributed by atoms with Crippen LogP contribution in [0.4, 0.5) is 0 Å². The average Bonchev–Trinajstić information content (AvgIpc) is 2.37. The zero-order valence-corrected chi connectivity index (χ0v) is 11.7. The second-order valence-corrected chi connectivity index (χ2v) is 4.58. The highest BCUT2D eigenvalue weighted by molar-refractivity contribution is 14.1. The van der Waals surface area contributed by atoms with Gasteiger partial charge in [-0.15, -0.1) is 0 Å². The molecule has 0 radical (unpaired) electrons. The Kier molecular flexibility index (Phi) is 5.35. The summed E-state index contributed by atoms with van der Waals surface area (Å²) in [4.78, 5) is 22.5. The second-order valence-electron chi connectivity index (χ2n) is 3.42. The molecule has 0 heterocycles. The number of hydrogen-bond acceptors (Lipinski definition) is 5. The summed E-state index contributed by atoms with van der Waals surface area (Å²) in [5.41, 5.74) is 0.241. The number of benzene rings is 1. The Morgan fingerprint density at radius 3 is 2.72 bits per heavy atom. The van der Waals surface area contributed by atoms with Crippen molar-refractivity contribution < 1.29 is 24.5 Å². The van der Waals surface area contributed by atoms with Gasteiger partial charge in [-0.25, -0.2) is 4.79 Å². The molecular weight excluding hydrogens is 353 g/mol. The van der Waals surface area contributed by atoms with Crippen LogP contribution in [0.3, 0.4) is 0 Å². The molecule has 0 aliphatic heterocycles. The van der Waals surface area contributed by atoms with Gasteiger partial charge >= 0.3 is 5.97 Å². The predicted octanol–water partition coefficient (Wildman–Crippen LogP) is 0.260. The molecule has 0 spiro atoms. The van der Waals surface area contributed by atoms with Crippen LogP contribution in [0.1, 0.15) is 10.4 Å². The summed E-state index contributed by atoms with van der Waals surface area (Å²) in [6.07, 6.45) is -1.41. The molecule has 0 aromatic heterocycles. The van der Waals surface area contributed by atoms with E-state index < -0.39 is 18.0 Å². The molecule has 1 amide bonds. The van der Waals surface area contributed by atoms with Gasteiger partial charge in [0, 0.05) is 5.56 Å². The van der Waals surface area contributed by atoms with Gasteiger partial charge in [-0.05, 0) is 40.8 Å². The average molecular weight is 365 g/mol. The van der Waals surface area contributed by atoms with Crippen molar-refractivity contribution in [1.29, 1.82) is 0 Å². The molecule has 0 fully saturated rings. The number of carbonyl (C=O) groups is 2. The minimum Gasteiger partial charge on any atom is -0.507 e. The quantitative estimate of drug-likeness (QED) is 0.526. The van der Waals surface area contributed by atoms with E-state index in [0.717, 1.165) is 7.11 Å². The summed E-state index contributed by atoms with van der Waals surface area (Å²) in [5.74, 6) is -1.32. The Morgan fingerprint density at radius 2 is 2.17 bits per heavy atom. The number of aliphatic hydroxyl groups is 1. The first kappa shape index (κ1) is 14.7. The molecule has 0 bridgehead atoms. The molecule has 0 saturated carbocycles. The van der Waals surface area contributed by atoms with Crippen LogP contribution >= 0.6 is 22.6 Å². The number of ether oxygens (including phenoxy) is 1. The largest absolute Gasteiger partial charge is 0.507 e. The molecule has 18 heavy (non-hydrogen) atoms. The highest BCUT2D eigenvalue weighted by atomic mass is 127. The van der Waals surface area contributed by atoms with E-state index in [1.165, 1.54) is 12.1 Å². The van der Waals surface area contributed by atoms with E-state index in [1.54, 1.807) is 6.07 Å². The number of amides is 1. The van der Waals surface area contributed by atoms with Crippen LogP contribution in [0, 0.1) is 3.57 Å². The number of aromatic hydroxyl groups is 1. The van der Waals surface area contributed by atoms with E-state index in [0.29, 0.717) is 3.57 Å². The molecule has 0 aliphatic carbocycles. The van der Waals surface area contributed by atoms with Crippen LogP contribution < -0.4 is 5.32 Å². The van der Waals surface area contributed by atoms with Gasteiger partial charge in [-0.2, -0.15) is 0 Å². The van der Waals surface area contributed by atoms with Crippen molar-refractivity contribution >= 4 is 34.5 Å². The van der Waals surface area contributed by atoms with Gasteiger partial charge in [-0.3, -0.25) is 4.79 Å². The van der Waals surface area contributed by atoms with E-state index in [1.807, 2.05) is 22.6 Å². The van der Waals surface area contributed by atoms with E-state index in [9.17, 15) is 19.8 Å². The van der Waals surface area contributed by atoms with Gasteiger partial charge in [0.05, 0.1) is 17.2 Å². The normalized spacial score (nSPS) is 11.7. The number of carbonyl (C=O) groups excluding carboxylic acids is 2. The fourth-order valence-corrected chi connectivity index (χ4v) is 1.50. The Balaban J connectivity index is 2.60. The van der Waals surface area contributed by atoms with Gasteiger partial charge in [0.1, 0.15) is 5.75 Å². The highest BCUT2D eigenvalue weighted by Gasteiger charge is 2.17. The number of halogens is 1. The zero-order valence-electron chi connectivity index (χ0n) is 9.51. The minimum absolute atomic E-state index is 0.00299. The first-order chi connectivity index (χ1) is 8.45. The van der Waals surface area contributed by atoms with Crippen LogP contribution in [-0.2, 0) is 9.53 Å². The summed E-state index contributed by atoms with van der Waals surface area (Å²) in [6, 6.07) is 4.42. The third kappa shape index (κ3) is 3.84. The number of aliphatic hydroxyl groups excluding tert-OH is 1. The molecule has 1 unspecified atom stereocenters. The van der Waals surface area contributed by atoms with Crippen molar-refractivity contribution in [3.63, 3.8) is 0 Å². The number of nitrogens with one attached hydrogen (secondary N) is 1. The Morgan fingerprint density at radius 1 is 1.50 bits per heavy atom. The van der Waals surface area contributed by atoms with E-state index in [2.05, 4.69) is 10.1 Å². The molecule has 0 aliphatic rings. The molecule has 3 N–H and O–H groups in total. The molecule has 1 aromatic carbocycles. The van der Waals surface area contributed by atoms with Crippen LogP contribution in [0.15, 0.2) is 18.2 Å². The molecule has 6 nitrogen and oxygen atoms in total. The van der Waals surface area contributed by atoms with Gasteiger partial charge in [0.2, 0.25) is 0 Å². The van der Waals surface area contributed by atoms with Crippen LogP contribution in [0.5, 0.6) is 5.75 Å². The number of hydrogen-bond donors (Lipinski definition) is 3. The van der Waals surface area contributed by atoms with Gasteiger partial charge in [0.25, 0.3) is 5.91 Å². The van der Waals surface area contributed by atoms with Gasteiger partial charge in [0.15, 0.2) is 6.10 Å². The lowest BCUT2D eigenvalue weighted by Crippen LogP contribution is -2.37. The summed E-state index contributed by atoms with van der Waals surface area (Å²) in [5, 5.41) is 21.1. The van der Waals surface area contributed by atoms with E-state index >= 15 is 0 Å². The van der Waals surface area contributed by atoms with E-state index in [-0.39, 0.29) is 17.9 Å². The van der Waals surface area contributed by atoms with Crippen molar-refractivity contribution in [2.45, 2.75) is 6.10 Å². The van der Waals surface area contributed by atoms with Gasteiger partial charge in [-0.1, -0.05) is 0 Å². The molecule has 7 heteroatoms. The topological polar surface area (TPSA) is 95.9 Å². The number of esters is 1. The van der Waals surface area contributed by atoms with Crippen LogP contribution in [-0.4, -0.2) is 41.8 Å². The summed E-state index contributed by atoms with van der Waals surface area (Å²) in [6.45, 7) is -0.252. The Bertz CT molecular complexity index is 463. The smallest absolute Gasteiger partial charge is 0.336 e. The minimum atomic E-state index is -1.41. The van der Waals surface area contributed by atoms with Crippen molar-refractivity contribution in [2.75, 3.05) is 13.7 Å². The number of methoxy groups -OCH3 is 1. The maximum Gasteiger partial charge on any atom is 0.336 e. The molecular formula is C11H12INO5. The maximum atomic E-state index is 11.6. The van der Waals surface area contributed by atoms with Crippen LogP contribution in [0.25, 0.3) is 0 Å². The SMILES string of the molecule is COC(=O)C(O)CNC(=O)c1ccc(I)c(O)c1. The standard InChI is InChI=1S/C11H12INO5/c1-18-11(17)9(15)5-13-10(16)6-2-3-7(12)8(14)4-6/h2-4,9,14-15H,5H2,1H3,(H,13,16). The zero-order chi connectivity index (χ0) is 13.7. The lowest BCUT2D eigenvalue weighted by atomic mass is 10.2. The number of phenols is 1. The molecule has 1 atom stereocenters. The Labute approximate surface area is 117 Å². The van der Waals surface area contributed by atoms with Crippen LogP contribution in [0.2, 0.25) is 0 Å². The molecule has 0 saturated heterocycles. The fraction of sp³-hybridized carbons (Fsp3) is 0.273. The third-order valence-electron chi connectivity index (χ3n) is 2.14. The number of phenolic OH excluding ortho intramolecular Hbond substituents is 1. The fourth-order valence-electron chi connectivity index (χ4n) is 1.16. The summed E-state index contributed by atoms with van der Waals surface area (Å²) >= 11 is 1.93. The second kappa shape index (κ2) is 6.55. The lowest BCUT2D eigenvalue weighted by Gasteiger charge is -2.10. The molecule has 1 rings (SSSR count). The molecule has 98 valence electrons. The summed E-state index contributed by atoms with van der Waals surface area (Å²) < 4.78 is 4.93. The van der Waals surface area contributed by atoms with E-state index in [4.69, 9.17) is 0 Å². The number of rotatable bonds is 4.